The average Bonchev–Trinajstić information content (AvgIpc) is 2.09. The van der Waals surface area contributed by atoms with Gasteiger partial charge in [0, 0.05) is 25.1 Å². The van der Waals surface area contributed by atoms with Crippen LogP contribution in [0, 0.1) is 0 Å². The first kappa shape index (κ1) is 11.9. The van der Waals surface area contributed by atoms with Crippen molar-refractivity contribution >= 4 is 11.6 Å². The molecular formula is C9H18ClNO. The lowest BCUT2D eigenvalue weighted by Crippen LogP contribution is -2.30. The molecule has 0 amide bonds. The van der Waals surface area contributed by atoms with Gasteiger partial charge in [-0.25, -0.2) is 0 Å². The highest BCUT2D eigenvalue weighted by molar-refractivity contribution is 6.18. The van der Waals surface area contributed by atoms with Gasteiger partial charge in [0.25, 0.3) is 0 Å². The molecule has 0 saturated carbocycles. The van der Waals surface area contributed by atoms with Gasteiger partial charge in [0.15, 0.2) is 0 Å². The maximum Gasteiger partial charge on any atom is 0.0616 e. The third kappa shape index (κ3) is 8.05. The van der Waals surface area contributed by atoms with E-state index in [1.54, 1.807) is 0 Å². The van der Waals surface area contributed by atoms with Gasteiger partial charge in [0.05, 0.1) is 6.61 Å². The smallest absolute Gasteiger partial charge is 0.0616 e. The standard InChI is InChI=1S/C9H18ClNO/c1-3-12-8-9(2)11-7-5-4-6-10/h4-5,9,11H,3,6-8H2,1-2H3/b5-4+. The van der Waals surface area contributed by atoms with Crippen molar-refractivity contribution in [2.45, 2.75) is 19.9 Å². The maximum absolute atomic E-state index is 5.46. The number of ether oxygens (including phenoxy) is 1. The number of hydrogen-bond acceptors (Lipinski definition) is 2. The van der Waals surface area contributed by atoms with E-state index in [2.05, 4.69) is 12.2 Å². The zero-order valence-corrected chi connectivity index (χ0v) is 8.60. The van der Waals surface area contributed by atoms with Crippen LogP contribution in [0.3, 0.4) is 0 Å². The lowest BCUT2D eigenvalue weighted by Gasteiger charge is -2.11. The fourth-order valence-electron chi connectivity index (χ4n) is 0.769. The van der Waals surface area contributed by atoms with Gasteiger partial charge in [-0.3, -0.25) is 0 Å². The first-order valence-corrected chi connectivity index (χ1v) is 4.86. The van der Waals surface area contributed by atoms with Gasteiger partial charge >= 0.3 is 0 Å². The summed E-state index contributed by atoms with van der Waals surface area (Å²) < 4.78 is 5.24. The number of rotatable bonds is 7. The fraction of sp³-hybridized carbons (Fsp3) is 0.778. The highest BCUT2D eigenvalue weighted by Crippen LogP contribution is 1.84. The second-order valence-corrected chi connectivity index (χ2v) is 2.90. The monoisotopic (exact) mass is 191 g/mol. The maximum atomic E-state index is 5.46. The largest absolute Gasteiger partial charge is 0.380 e. The van der Waals surface area contributed by atoms with Crippen LogP contribution in [0.1, 0.15) is 13.8 Å². The molecule has 0 aromatic rings. The third-order valence-electron chi connectivity index (χ3n) is 1.41. The predicted molar refractivity (Wildman–Crippen MR) is 53.8 cm³/mol. The van der Waals surface area contributed by atoms with Crippen molar-refractivity contribution in [1.82, 2.24) is 5.32 Å². The molecular weight excluding hydrogens is 174 g/mol. The summed E-state index contributed by atoms with van der Waals surface area (Å²) in [7, 11) is 0. The molecule has 0 fully saturated rings. The van der Waals surface area contributed by atoms with Crippen LogP contribution in [0.15, 0.2) is 12.2 Å². The topological polar surface area (TPSA) is 21.3 Å². The van der Waals surface area contributed by atoms with Crippen LogP contribution in [0.25, 0.3) is 0 Å². The normalized spacial score (nSPS) is 13.9. The predicted octanol–water partition coefficient (Wildman–Crippen LogP) is 1.80. The molecule has 0 aromatic carbocycles. The molecule has 72 valence electrons. The van der Waals surface area contributed by atoms with E-state index in [1.807, 2.05) is 19.1 Å². The van der Waals surface area contributed by atoms with E-state index in [1.165, 1.54) is 0 Å². The van der Waals surface area contributed by atoms with E-state index in [4.69, 9.17) is 16.3 Å². The second kappa shape index (κ2) is 9.04. The third-order valence-corrected chi connectivity index (χ3v) is 1.59. The summed E-state index contributed by atoms with van der Waals surface area (Å²) in [5.74, 6) is 0.585. The summed E-state index contributed by atoms with van der Waals surface area (Å²) in [5.41, 5.74) is 0. The highest BCUT2D eigenvalue weighted by Gasteiger charge is 1.97. The van der Waals surface area contributed by atoms with E-state index >= 15 is 0 Å². The Morgan fingerprint density at radius 3 is 2.83 bits per heavy atom. The Balaban J connectivity index is 3.18. The molecule has 0 radical (unpaired) electrons. The van der Waals surface area contributed by atoms with Crippen LogP contribution in [0.5, 0.6) is 0 Å². The number of halogens is 1. The Labute approximate surface area is 79.9 Å². The quantitative estimate of drug-likeness (QED) is 0.490. The van der Waals surface area contributed by atoms with Crippen LogP contribution in [-0.4, -0.2) is 31.7 Å². The summed E-state index contributed by atoms with van der Waals surface area (Å²) in [4.78, 5) is 0. The molecule has 1 unspecified atom stereocenters. The van der Waals surface area contributed by atoms with Gasteiger partial charge in [-0.1, -0.05) is 12.2 Å². The number of nitrogens with one attached hydrogen (secondary N) is 1. The van der Waals surface area contributed by atoms with Crippen LogP contribution < -0.4 is 5.32 Å². The molecule has 3 heteroatoms. The SMILES string of the molecule is CCOCC(C)NC/C=C/CCl. The van der Waals surface area contributed by atoms with Crippen LogP contribution in [0.4, 0.5) is 0 Å². The lowest BCUT2D eigenvalue weighted by molar-refractivity contribution is 0.128. The summed E-state index contributed by atoms with van der Waals surface area (Å²) in [6.07, 6.45) is 3.96. The molecule has 0 aliphatic rings. The average molecular weight is 192 g/mol. The van der Waals surface area contributed by atoms with Crippen molar-refractivity contribution in [3.8, 4) is 0 Å². The van der Waals surface area contributed by atoms with Gasteiger partial charge in [-0.2, -0.15) is 0 Å². The zero-order chi connectivity index (χ0) is 9.23. The first-order valence-electron chi connectivity index (χ1n) is 4.33. The molecule has 0 aromatic heterocycles. The molecule has 0 aliphatic heterocycles. The Hall–Kier alpha value is -0.0500. The zero-order valence-electron chi connectivity index (χ0n) is 7.85. The summed E-state index contributed by atoms with van der Waals surface area (Å²) >= 11 is 5.46. The fourth-order valence-corrected chi connectivity index (χ4v) is 0.895. The van der Waals surface area contributed by atoms with Crippen molar-refractivity contribution in [3.05, 3.63) is 12.2 Å². The van der Waals surface area contributed by atoms with Crippen LogP contribution >= 0.6 is 11.6 Å². The molecule has 2 nitrogen and oxygen atoms in total. The Morgan fingerprint density at radius 2 is 2.25 bits per heavy atom. The Bertz CT molecular complexity index is 117. The minimum absolute atomic E-state index is 0.407. The van der Waals surface area contributed by atoms with E-state index < -0.39 is 0 Å². The van der Waals surface area contributed by atoms with Gasteiger partial charge in [0.1, 0.15) is 0 Å². The van der Waals surface area contributed by atoms with Crippen LogP contribution in [-0.2, 0) is 4.74 Å². The van der Waals surface area contributed by atoms with Crippen molar-refractivity contribution < 1.29 is 4.74 Å². The van der Waals surface area contributed by atoms with Crippen molar-refractivity contribution in [2.24, 2.45) is 0 Å². The number of alkyl halides is 1. The van der Waals surface area contributed by atoms with Crippen molar-refractivity contribution in [1.29, 1.82) is 0 Å². The lowest BCUT2D eigenvalue weighted by atomic mass is 10.3. The van der Waals surface area contributed by atoms with Crippen LogP contribution in [0.2, 0.25) is 0 Å². The molecule has 0 heterocycles. The van der Waals surface area contributed by atoms with E-state index in [0.29, 0.717) is 11.9 Å². The molecule has 0 aliphatic carbocycles. The summed E-state index contributed by atoms with van der Waals surface area (Å²) in [5, 5.41) is 3.28. The van der Waals surface area contributed by atoms with E-state index in [0.717, 1.165) is 19.8 Å². The van der Waals surface area contributed by atoms with Gasteiger partial charge in [0.2, 0.25) is 0 Å². The second-order valence-electron chi connectivity index (χ2n) is 2.59. The molecule has 0 rings (SSSR count). The van der Waals surface area contributed by atoms with Gasteiger partial charge in [-0.15, -0.1) is 11.6 Å². The summed E-state index contributed by atoms with van der Waals surface area (Å²) in [6, 6.07) is 0.407. The Kier molecular flexibility index (Phi) is 9.00. The van der Waals surface area contributed by atoms with Gasteiger partial charge < -0.3 is 10.1 Å². The minimum Gasteiger partial charge on any atom is -0.380 e. The number of allylic oxidation sites excluding steroid dienone is 1. The van der Waals surface area contributed by atoms with E-state index in [9.17, 15) is 0 Å². The number of hydrogen-bond donors (Lipinski definition) is 1. The minimum atomic E-state index is 0.407. The van der Waals surface area contributed by atoms with Crippen molar-refractivity contribution in [2.75, 3.05) is 25.6 Å². The van der Waals surface area contributed by atoms with E-state index in [-0.39, 0.29) is 0 Å². The summed E-state index contributed by atoms with van der Waals surface area (Å²) in [6.45, 7) is 6.51. The molecule has 0 bridgehead atoms. The highest BCUT2D eigenvalue weighted by atomic mass is 35.5. The van der Waals surface area contributed by atoms with Gasteiger partial charge in [-0.05, 0) is 13.8 Å². The molecule has 1 N–H and O–H groups in total. The van der Waals surface area contributed by atoms with Crippen molar-refractivity contribution in [3.63, 3.8) is 0 Å². The molecule has 1 atom stereocenters. The molecule has 0 saturated heterocycles. The molecule has 0 spiro atoms. The first-order chi connectivity index (χ1) is 5.81. The molecule has 12 heavy (non-hydrogen) atoms. The Morgan fingerprint density at radius 1 is 1.50 bits per heavy atom.